The van der Waals surface area contributed by atoms with Crippen molar-refractivity contribution in [1.82, 2.24) is 0 Å². The number of hydrogen-bond donors (Lipinski definition) is 2. The number of aliphatic hydroxyl groups is 2. The zero-order chi connectivity index (χ0) is 22.9. The molecule has 0 aromatic heterocycles. The first-order chi connectivity index (χ1) is 15.1. The second kappa shape index (κ2) is 7.13. The summed E-state index contributed by atoms with van der Waals surface area (Å²) in [6, 6.07) is 0. The lowest BCUT2D eigenvalue weighted by molar-refractivity contribution is -0.247. The highest BCUT2D eigenvalue weighted by atomic mass is 16.5. The van der Waals surface area contributed by atoms with Gasteiger partial charge in [0.15, 0.2) is 0 Å². The molecule has 0 saturated heterocycles. The minimum absolute atomic E-state index is 0.0828. The number of hydrogen-bond acceptors (Lipinski definition) is 7. The van der Waals surface area contributed by atoms with Gasteiger partial charge in [-0.05, 0) is 80.1 Å². The van der Waals surface area contributed by atoms with Crippen LogP contribution in [0.25, 0.3) is 0 Å². The highest BCUT2D eigenvalue weighted by molar-refractivity contribution is 5.85. The van der Waals surface area contributed by atoms with Gasteiger partial charge >= 0.3 is 11.9 Å². The summed E-state index contributed by atoms with van der Waals surface area (Å²) in [5.41, 5.74) is -2.41. The van der Waals surface area contributed by atoms with Crippen molar-refractivity contribution >= 4 is 18.2 Å². The summed E-state index contributed by atoms with van der Waals surface area (Å²) in [5, 5.41) is 23.9. The van der Waals surface area contributed by atoms with Gasteiger partial charge in [-0.3, -0.25) is 4.79 Å². The molecule has 0 aromatic carbocycles. The second-order valence-electron chi connectivity index (χ2n) is 11.4. The predicted octanol–water partition coefficient (Wildman–Crippen LogP) is 2.47. The van der Waals surface area contributed by atoms with E-state index in [-0.39, 0.29) is 47.6 Å². The van der Waals surface area contributed by atoms with Crippen LogP contribution in [-0.4, -0.2) is 52.4 Å². The molecule has 7 heteroatoms. The van der Waals surface area contributed by atoms with Crippen molar-refractivity contribution in [2.24, 2.45) is 28.6 Å². The van der Waals surface area contributed by atoms with Gasteiger partial charge in [-0.25, -0.2) is 4.79 Å². The number of fused-ring (bicyclic) bond motifs is 5. The molecule has 4 saturated carbocycles. The molecule has 0 amide bonds. The van der Waals surface area contributed by atoms with Gasteiger partial charge in [-0.1, -0.05) is 6.92 Å². The van der Waals surface area contributed by atoms with E-state index in [1.54, 1.807) is 6.08 Å². The molecule has 176 valence electrons. The zero-order valence-electron chi connectivity index (χ0n) is 19.0. The summed E-state index contributed by atoms with van der Waals surface area (Å²) < 4.78 is 10.5. The molecule has 0 aromatic rings. The van der Waals surface area contributed by atoms with E-state index in [1.165, 1.54) is 6.92 Å². The molecule has 5 aliphatic rings. The molecule has 0 unspecified atom stereocenters. The Labute approximate surface area is 188 Å². The number of rotatable bonds is 3. The van der Waals surface area contributed by atoms with Crippen molar-refractivity contribution in [2.45, 2.75) is 88.9 Å². The lowest BCUT2D eigenvalue weighted by Gasteiger charge is -2.64. The summed E-state index contributed by atoms with van der Waals surface area (Å²) in [6.07, 6.45) is 7.44. The molecule has 4 fully saturated rings. The SMILES string of the molecule is CC(=O)O[C@@H]1CC[C@]2(C=O)[C@H]3CC[C@]4(C)C[C@H](C5=CC(=O)OC5)C[C@@]4(O)[C@@H]3CC[C@@]2(O)C1. The molecule has 1 heterocycles. The first-order valence-corrected chi connectivity index (χ1v) is 12.0. The highest BCUT2D eigenvalue weighted by Gasteiger charge is 2.70. The largest absolute Gasteiger partial charge is 0.462 e. The molecular weight excluding hydrogens is 412 g/mol. The van der Waals surface area contributed by atoms with E-state index >= 15 is 0 Å². The van der Waals surface area contributed by atoms with Gasteiger partial charge in [-0.15, -0.1) is 0 Å². The number of carbonyl (C=O) groups excluding carboxylic acids is 3. The Balaban J connectivity index is 1.45. The summed E-state index contributed by atoms with van der Waals surface area (Å²) in [6.45, 7) is 3.82. The number of cyclic esters (lactones) is 1. The van der Waals surface area contributed by atoms with E-state index in [1.807, 2.05) is 0 Å². The monoisotopic (exact) mass is 446 g/mol. The Kier molecular flexibility index (Phi) is 4.92. The van der Waals surface area contributed by atoms with Crippen LogP contribution in [0.3, 0.4) is 0 Å². The number of esters is 2. The van der Waals surface area contributed by atoms with Crippen molar-refractivity contribution < 1.29 is 34.1 Å². The van der Waals surface area contributed by atoms with Crippen LogP contribution in [0.15, 0.2) is 11.6 Å². The highest BCUT2D eigenvalue weighted by Crippen LogP contribution is 2.69. The van der Waals surface area contributed by atoms with Gasteiger partial charge < -0.3 is 24.5 Å². The molecule has 5 rings (SSSR count). The van der Waals surface area contributed by atoms with Crippen LogP contribution in [-0.2, 0) is 23.9 Å². The van der Waals surface area contributed by atoms with Crippen LogP contribution < -0.4 is 0 Å². The molecule has 7 nitrogen and oxygen atoms in total. The van der Waals surface area contributed by atoms with Crippen molar-refractivity contribution in [2.75, 3.05) is 6.61 Å². The van der Waals surface area contributed by atoms with E-state index in [9.17, 15) is 24.6 Å². The Hall–Kier alpha value is -1.73. The van der Waals surface area contributed by atoms with E-state index in [4.69, 9.17) is 9.47 Å². The summed E-state index contributed by atoms with van der Waals surface area (Å²) >= 11 is 0. The molecule has 0 radical (unpaired) electrons. The lowest BCUT2D eigenvalue weighted by Crippen LogP contribution is -2.68. The quantitative estimate of drug-likeness (QED) is 0.506. The third-order valence-corrected chi connectivity index (χ3v) is 10.00. The van der Waals surface area contributed by atoms with Crippen LogP contribution in [0.1, 0.15) is 71.6 Å². The minimum atomic E-state index is -1.22. The smallest absolute Gasteiger partial charge is 0.331 e. The predicted molar refractivity (Wildman–Crippen MR) is 113 cm³/mol. The number of ether oxygens (including phenoxy) is 2. The number of carbonyl (C=O) groups is 3. The third kappa shape index (κ3) is 2.89. The average Bonchev–Trinajstić information content (AvgIpc) is 3.27. The van der Waals surface area contributed by atoms with Crippen LogP contribution >= 0.6 is 0 Å². The van der Waals surface area contributed by atoms with E-state index in [0.717, 1.165) is 31.1 Å². The standard InChI is InChI=1S/C25H34O7/c1-15(27)32-18-3-7-23(14-26)19-4-6-22(2)10-17(16-9-21(28)31-13-16)11-25(22,30)20(19)5-8-24(23,29)12-18/h9,14,17-20,29-30H,3-8,10-13H2,1-2H3/t17-,18+,19-,20+,22+,23-,24+,25+/m0/s1. The van der Waals surface area contributed by atoms with E-state index < -0.39 is 16.6 Å². The molecular formula is C25H34O7. The molecule has 0 bridgehead atoms. The van der Waals surface area contributed by atoms with Crippen LogP contribution in [0, 0.1) is 28.6 Å². The lowest BCUT2D eigenvalue weighted by atomic mass is 9.42. The van der Waals surface area contributed by atoms with Gasteiger partial charge in [-0.2, -0.15) is 0 Å². The second-order valence-corrected chi connectivity index (χ2v) is 11.4. The number of aldehydes is 1. The first-order valence-electron chi connectivity index (χ1n) is 12.0. The average molecular weight is 447 g/mol. The summed E-state index contributed by atoms with van der Waals surface area (Å²) in [4.78, 5) is 35.8. The summed E-state index contributed by atoms with van der Waals surface area (Å²) in [7, 11) is 0. The topological polar surface area (TPSA) is 110 Å². The van der Waals surface area contributed by atoms with Gasteiger partial charge in [0.1, 0.15) is 19.0 Å². The third-order valence-electron chi connectivity index (χ3n) is 10.00. The van der Waals surface area contributed by atoms with Crippen molar-refractivity contribution in [3.8, 4) is 0 Å². The van der Waals surface area contributed by atoms with E-state index in [2.05, 4.69) is 6.92 Å². The van der Waals surface area contributed by atoms with Crippen LogP contribution in [0.5, 0.6) is 0 Å². The molecule has 32 heavy (non-hydrogen) atoms. The summed E-state index contributed by atoms with van der Waals surface area (Å²) in [5.74, 6) is -0.765. The van der Waals surface area contributed by atoms with Gasteiger partial charge in [0.05, 0.1) is 16.6 Å². The Morgan fingerprint density at radius 3 is 2.53 bits per heavy atom. The van der Waals surface area contributed by atoms with Crippen molar-refractivity contribution in [1.29, 1.82) is 0 Å². The maximum absolute atomic E-state index is 12.7. The molecule has 1 aliphatic heterocycles. The fraction of sp³-hybridized carbons (Fsp3) is 0.800. The zero-order valence-corrected chi connectivity index (χ0v) is 19.0. The van der Waals surface area contributed by atoms with Crippen LogP contribution in [0.2, 0.25) is 0 Å². The van der Waals surface area contributed by atoms with Crippen LogP contribution in [0.4, 0.5) is 0 Å². The fourth-order valence-electron chi connectivity index (χ4n) is 8.44. The van der Waals surface area contributed by atoms with E-state index in [0.29, 0.717) is 38.7 Å². The van der Waals surface area contributed by atoms with Crippen molar-refractivity contribution in [3.05, 3.63) is 11.6 Å². The van der Waals surface area contributed by atoms with Gasteiger partial charge in [0.2, 0.25) is 0 Å². The maximum Gasteiger partial charge on any atom is 0.331 e. The molecule has 4 aliphatic carbocycles. The minimum Gasteiger partial charge on any atom is -0.462 e. The van der Waals surface area contributed by atoms with Gasteiger partial charge in [0, 0.05) is 19.4 Å². The van der Waals surface area contributed by atoms with Gasteiger partial charge in [0.25, 0.3) is 0 Å². The van der Waals surface area contributed by atoms with Crippen molar-refractivity contribution in [3.63, 3.8) is 0 Å². The first kappa shape index (κ1) is 22.1. The Bertz CT molecular complexity index is 882. The molecule has 0 spiro atoms. The fourth-order valence-corrected chi connectivity index (χ4v) is 8.44. The Morgan fingerprint density at radius 1 is 1.12 bits per heavy atom. The Morgan fingerprint density at radius 2 is 1.88 bits per heavy atom. The molecule has 2 N–H and O–H groups in total. The molecule has 8 atom stereocenters. The maximum atomic E-state index is 12.7. The normalized spacial score (nSPS) is 49.9.